The largest absolute Gasteiger partial charge is 0.481 e. The molecule has 1 aromatic carbocycles. The van der Waals surface area contributed by atoms with Gasteiger partial charge in [0.25, 0.3) is 0 Å². The summed E-state index contributed by atoms with van der Waals surface area (Å²) in [5.41, 5.74) is 2.42. The van der Waals surface area contributed by atoms with Gasteiger partial charge in [-0.2, -0.15) is 5.10 Å². The number of benzene rings is 1. The number of carbonyl (C=O) groups is 1. The number of nitrogens with zero attached hydrogens (tertiary/aromatic N) is 4. The van der Waals surface area contributed by atoms with Gasteiger partial charge in [-0.1, -0.05) is 36.4 Å². The smallest absolute Gasteiger partial charge is 0.309 e. The Morgan fingerprint density at radius 3 is 2.84 bits per heavy atom. The molecule has 160 valence electrons. The molecule has 0 fully saturated rings. The minimum absolute atomic E-state index is 0.0466. The minimum Gasteiger partial charge on any atom is -0.481 e. The second-order valence-corrected chi connectivity index (χ2v) is 8.55. The molecule has 4 rings (SSSR count). The molecule has 1 N–H and O–H groups in total. The Labute approximate surface area is 187 Å². The normalized spacial score (nSPS) is 11.4. The molecule has 0 aliphatic heterocycles. The van der Waals surface area contributed by atoms with Crippen molar-refractivity contribution in [2.24, 2.45) is 0 Å². The lowest BCUT2D eigenvalue weighted by Gasteiger charge is -2.07. The van der Waals surface area contributed by atoms with Gasteiger partial charge in [0, 0.05) is 28.7 Å². The Hall–Kier alpha value is -2.84. The Morgan fingerprint density at radius 1 is 1.29 bits per heavy atom. The van der Waals surface area contributed by atoms with Crippen LogP contribution in [0.25, 0.3) is 16.6 Å². The Bertz CT molecular complexity index is 1280. The number of hydrogen-bond donors (Lipinski definition) is 1. The monoisotopic (exact) mass is 458 g/mol. The highest BCUT2D eigenvalue weighted by Gasteiger charge is 2.22. The Balaban J connectivity index is 1.86. The van der Waals surface area contributed by atoms with E-state index in [0.29, 0.717) is 21.6 Å². The molecular formula is C22H20ClFN4O2S. The third kappa shape index (κ3) is 4.18. The van der Waals surface area contributed by atoms with Gasteiger partial charge in [-0.05, 0) is 37.6 Å². The molecule has 0 aliphatic rings. The molecule has 3 aromatic heterocycles. The first kappa shape index (κ1) is 21.4. The summed E-state index contributed by atoms with van der Waals surface area (Å²) < 4.78 is 18.8. The van der Waals surface area contributed by atoms with Crippen molar-refractivity contribution in [3.63, 3.8) is 0 Å². The van der Waals surface area contributed by atoms with Crippen LogP contribution < -0.4 is 0 Å². The number of aliphatic carboxylic acids is 1. The predicted molar refractivity (Wildman–Crippen MR) is 119 cm³/mol. The summed E-state index contributed by atoms with van der Waals surface area (Å²) in [6.07, 6.45) is 4.38. The van der Waals surface area contributed by atoms with Crippen LogP contribution in [0.1, 0.15) is 24.7 Å². The minimum atomic E-state index is -0.941. The number of halogens is 2. The molecule has 9 heteroatoms. The SMILES string of the molecule is CCCn1cc(-n2c(C)c(Sc3cccc(CC(=O)O)n3)c3ccc(Cl)c(F)c32)cn1. The molecule has 0 unspecified atom stereocenters. The zero-order valence-electron chi connectivity index (χ0n) is 17.0. The molecule has 3 heterocycles. The molecule has 0 aliphatic carbocycles. The molecule has 0 spiro atoms. The standard InChI is InChI=1S/C22H20ClFN4O2S/c1-3-9-27-12-15(11-25-27)28-13(2)22(16-7-8-17(23)20(24)21(16)28)31-18-6-4-5-14(26-18)10-19(29)30/h4-8,11-12H,3,9-10H2,1-2H3,(H,29,30). The fourth-order valence-corrected chi connectivity index (χ4v) is 4.73. The second-order valence-electron chi connectivity index (χ2n) is 7.11. The maximum atomic E-state index is 15.2. The van der Waals surface area contributed by atoms with E-state index in [1.54, 1.807) is 30.5 Å². The van der Waals surface area contributed by atoms with Crippen LogP contribution >= 0.6 is 23.4 Å². The van der Waals surface area contributed by atoms with E-state index in [2.05, 4.69) is 17.0 Å². The van der Waals surface area contributed by atoms with Crippen LogP contribution in [0, 0.1) is 12.7 Å². The number of carboxylic acid groups (broad SMARTS) is 1. The summed E-state index contributed by atoms with van der Waals surface area (Å²) in [5.74, 6) is -1.44. The maximum Gasteiger partial charge on any atom is 0.309 e. The lowest BCUT2D eigenvalue weighted by atomic mass is 10.2. The molecule has 0 atom stereocenters. The molecule has 0 bridgehead atoms. The predicted octanol–water partition coefficient (Wildman–Crippen LogP) is 5.51. The number of rotatable bonds is 7. The van der Waals surface area contributed by atoms with Gasteiger partial charge in [0.05, 0.1) is 34.5 Å². The number of fused-ring (bicyclic) bond motifs is 1. The van der Waals surface area contributed by atoms with Crippen LogP contribution in [-0.2, 0) is 17.8 Å². The van der Waals surface area contributed by atoms with Gasteiger partial charge in [-0.15, -0.1) is 0 Å². The van der Waals surface area contributed by atoms with E-state index >= 15 is 4.39 Å². The summed E-state index contributed by atoms with van der Waals surface area (Å²) in [6.45, 7) is 4.74. The summed E-state index contributed by atoms with van der Waals surface area (Å²) in [5, 5.41) is 14.8. The molecule has 0 amide bonds. The van der Waals surface area contributed by atoms with Crippen molar-refractivity contribution in [1.82, 2.24) is 19.3 Å². The number of hydrogen-bond acceptors (Lipinski definition) is 4. The third-order valence-electron chi connectivity index (χ3n) is 4.85. The van der Waals surface area contributed by atoms with E-state index in [-0.39, 0.29) is 11.4 Å². The van der Waals surface area contributed by atoms with Gasteiger partial charge in [-0.25, -0.2) is 9.37 Å². The molecule has 4 aromatic rings. The van der Waals surface area contributed by atoms with Crippen molar-refractivity contribution in [3.8, 4) is 5.69 Å². The maximum absolute atomic E-state index is 15.2. The lowest BCUT2D eigenvalue weighted by Crippen LogP contribution is -2.02. The van der Waals surface area contributed by atoms with E-state index in [0.717, 1.165) is 29.2 Å². The molecular weight excluding hydrogens is 439 g/mol. The highest BCUT2D eigenvalue weighted by atomic mass is 35.5. The first-order chi connectivity index (χ1) is 14.9. The molecule has 31 heavy (non-hydrogen) atoms. The van der Waals surface area contributed by atoms with Gasteiger partial charge < -0.3 is 9.67 Å². The first-order valence-electron chi connectivity index (χ1n) is 9.76. The van der Waals surface area contributed by atoms with Crippen molar-refractivity contribution in [2.75, 3.05) is 0 Å². The van der Waals surface area contributed by atoms with E-state index in [9.17, 15) is 4.79 Å². The van der Waals surface area contributed by atoms with Crippen LogP contribution in [-0.4, -0.2) is 30.4 Å². The molecule has 6 nitrogen and oxygen atoms in total. The highest BCUT2D eigenvalue weighted by molar-refractivity contribution is 7.99. The third-order valence-corrected chi connectivity index (χ3v) is 6.30. The fourth-order valence-electron chi connectivity index (χ4n) is 3.55. The van der Waals surface area contributed by atoms with Crippen molar-refractivity contribution in [2.45, 2.75) is 43.2 Å². The number of carboxylic acids is 1. The number of aryl methyl sites for hydroxylation is 1. The van der Waals surface area contributed by atoms with Crippen LogP contribution in [0.4, 0.5) is 4.39 Å². The van der Waals surface area contributed by atoms with E-state index in [4.69, 9.17) is 16.7 Å². The summed E-state index contributed by atoms with van der Waals surface area (Å²) in [7, 11) is 0. The average Bonchev–Trinajstić information content (AvgIpc) is 3.28. The zero-order valence-corrected chi connectivity index (χ0v) is 18.5. The number of pyridine rings is 1. The van der Waals surface area contributed by atoms with Gasteiger partial charge in [0.2, 0.25) is 0 Å². The highest BCUT2D eigenvalue weighted by Crippen LogP contribution is 2.41. The van der Waals surface area contributed by atoms with E-state index < -0.39 is 11.8 Å². The van der Waals surface area contributed by atoms with Crippen LogP contribution in [0.15, 0.2) is 52.6 Å². The number of aromatic nitrogens is 4. The Morgan fingerprint density at radius 2 is 2.10 bits per heavy atom. The van der Waals surface area contributed by atoms with Gasteiger partial charge in [0.1, 0.15) is 5.03 Å². The quantitative estimate of drug-likeness (QED) is 0.395. The van der Waals surface area contributed by atoms with E-state index in [1.165, 1.54) is 11.8 Å². The van der Waals surface area contributed by atoms with E-state index in [1.807, 2.05) is 28.4 Å². The summed E-state index contributed by atoms with van der Waals surface area (Å²) in [6, 6.07) is 8.60. The topological polar surface area (TPSA) is 72.9 Å². The van der Waals surface area contributed by atoms with Crippen LogP contribution in [0.3, 0.4) is 0 Å². The van der Waals surface area contributed by atoms with Crippen molar-refractivity contribution in [3.05, 3.63) is 65.0 Å². The summed E-state index contributed by atoms with van der Waals surface area (Å²) >= 11 is 7.48. The molecule has 0 radical (unpaired) electrons. The van der Waals surface area contributed by atoms with Gasteiger partial charge in [-0.3, -0.25) is 9.48 Å². The second kappa shape index (κ2) is 8.72. The van der Waals surface area contributed by atoms with Crippen molar-refractivity contribution >= 4 is 40.2 Å². The first-order valence-corrected chi connectivity index (χ1v) is 11.0. The van der Waals surface area contributed by atoms with Gasteiger partial charge >= 0.3 is 5.97 Å². The fraction of sp³-hybridized carbons (Fsp3) is 0.227. The van der Waals surface area contributed by atoms with Gasteiger partial charge in [0.15, 0.2) is 5.82 Å². The summed E-state index contributed by atoms with van der Waals surface area (Å²) in [4.78, 5) is 16.3. The molecule has 0 saturated heterocycles. The van der Waals surface area contributed by atoms with Crippen molar-refractivity contribution in [1.29, 1.82) is 0 Å². The molecule has 0 saturated carbocycles. The van der Waals surface area contributed by atoms with Crippen LogP contribution in [0.5, 0.6) is 0 Å². The zero-order chi connectivity index (χ0) is 22.1. The lowest BCUT2D eigenvalue weighted by molar-refractivity contribution is -0.136. The average molecular weight is 459 g/mol. The van der Waals surface area contributed by atoms with Crippen molar-refractivity contribution < 1.29 is 14.3 Å². The Kier molecular flexibility index (Phi) is 6.02. The van der Waals surface area contributed by atoms with Crippen LogP contribution in [0.2, 0.25) is 5.02 Å².